The SMILES string of the molecule is COCC(C)(C)NC(=O)CC1CC(=O)C(c2c(C)cc(-c3ncc(F)cc3F)cc2C)C1=O. The number of methoxy groups -OCH3 is 1. The van der Waals surface area contributed by atoms with Gasteiger partial charge in [0.2, 0.25) is 5.91 Å². The molecule has 1 N–H and O–H groups in total. The number of hydrogen-bond acceptors (Lipinski definition) is 5. The zero-order chi connectivity index (χ0) is 24.5. The summed E-state index contributed by atoms with van der Waals surface area (Å²) in [5.41, 5.74) is 1.66. The molecular weight excluding hydrogens is 430 g/mol. The average Bonchev–Trinajstić information content (AvgIpc) is 2.94. The van der Waals surface area contributed by atoms with E-state index in [9.17, 15) is 23.2 Å². The molecule has 1 heterocycles. The van der Waals surface area contributed by atoms with Gasteiger partial charge in [0.25, 0.3) is 0 Å². The maximum Gasteiger partial charge on any atom is 0.221 e. The molecule has 1 aromatic carbocycles. The molecule has 0 aliphatic heterocycles. The number of amides is 1. The number of carbonyl (C=O) groups is 3. The van der Waals surface area contributed by atoms with E-state index in [1.54, 1.807) is 26.0 Å². The van der Waals surface area contributed by atoms with Gasteiger partial charge in [-0.25, -0.2) is 8.78 Å². The number of benzene rings is 1. The van der Waals surface area contributed by atoms with Gasteiger partial charge in [-0.1, -0.05) is 0 Å². The van der Waals surface area contributed by atoms with Crippen molar-refractivity contribution in [2.75, 3.05) is 13.7 Å². The minimum absolute atomic E-state index is 0.00357. The lowest BCUT2D eigenvalue weighted by Crippen LogP contribution is -2.47. The van der Waals surface area contributed by atoms with Crippen molar-refractivity contribution in [2.24, 2.45) is 5.92 Å². The van der Waals surface area contributed by atoms with Crippen LogP contribution in [0, 0.1) is 31.4 Å². The molecule has 176 valence electrons. The molecule has 0 spiro atoms. The van der Waals surface area contributed by atoms with Crippen molar-refractivity contribution in [1.29, 1.82) is 0 Å². The molecule has 0 bridgehead atoms. The van der Waals surface area contributed by atoms with Gasteiger partial charge in [-0.05, 0) is 56.5 Å². The number of nitrogens with one attached hydrogen (secondary N) is 1. The lowest BCUT2D eigenvalue weighted by Gasteiger charge is -2.25. The number of rotatable bonds is 7. The molecule has 2 atom stereocenters. The third-order valence-corrected chi connectivity index (χ3v) is 5.83. The van der Waals surface area contributed by atoms with Gasteiger partial charge in [-0.2, -0.15) is 0 Å². The fourth-order valence-electron chi connectivity index (χ4n) is 4.57. The smallest absolute Gasteiger partial charge is 0.221 e. The molecule has 1 saturated carbocycles. The molecule has 33 heavy (non-hydrogen) atoms. The molecule has 2 aromatic rings. The molecule has 0 radical (unpaired) electrons. The third-order valence-electron chi connectivity index (χ3n) is 5.83. The van der Waals surface area contributed by atoms with Crippen molar-refractivity contribution in [2.45, 2.75) is 52.0 Å². The standard InChI is InChI=1S/C25H28F2N2O4/c1-13-6-15(23-18(27)10-17(26)11-28-23)7-14(2)21(13)22-19(30)8-16(24(22)32)9-20(31)29-25(3,4)12-33-5/h6-7,10-11,16,22H,8-9,12H2,1-5H3,(H,29,31). The van der Waals surface area contributed by atoms with Crippen LogP contribution in [0.5, 0.6) is 0 Å². The maximum atomic E-state index is 14.2. The summed E-state index contributed by atoms with van der Waals surface area (Å²) in [5.74, 6) is -4.07. The van der Waals surface area contributed by atoms with Gasteiger partial charge in [0.15, 0.2) is 11.6 Å². The van der Waals surface area contributed by atoms with Crippen LogP contribution < -0.4 is 5.32 Å². The summed E-state index contributed by atoms with van der Waals surface area (Å²) in [6.07, 6.45) is 0.857. The molecule has 3 rings (SSSR count). The molecule has 1 aliphatic rings. The van der Waals surface area contributed by atoms with E-state index in [0.29, 0.717) is 28.9 Å². The molecule has 1 aliphatic carbocycles. The second-order valence-electron chi connectivity index (χ2n) is 9.28. The van der Waals surface area contributed by atoms with Crippen LogP contribution in [-0.4, -0.2) is 41.7 Å². The van der Waals surface area contributed by atoms with Gasteiger partial charge in [0.05, 0.1) is 18.3 Å². The highest BCUT2D eigenvalue weighted by Crippen LogP contribution is 2.38. The Bertz CT molecular complexity index is 1090. The van der Waals surface area contributed by atoms with Crippen LogP contribution >= 0.6 is 0 Å². The Morgan fingerprint density at radius 3 is 2.39 bits per heavy atom. The Kier molecular flexibility index (Phi) is 7.07. The number of hydrogen-bond donors (Lipinski definition) is 1. The summed E-state index contributed by atoms with van der Waals surface area (Å²) in [4.78, 5) is 42.3. The van der Waals surface area contributed by atoms with E-state index in [4.69, 9.17) is 4.74 Å². The van der Waals surface area contributed by atoms with Crippen LogP contribution in [0.4, 0.5) is 8.78 Å². The van der Waals surface area contributed by atoms with Crippen molar-refractivity contribution >= 4 is 17.5 Å². The lowest BCUT2D eigenvalue weighted by molar-refractivity contribution is -0.129. The molecule has 1 aromatic heterocycles. The first-order chi connectivity index (χ1) is 15.4. The first-order valence-electron chi connectivity index (χ1n) is 10.7. The molecule has 6 nitrogen and oxygen atoms in total. The number of nitrogens with zero attached hydrogens (tertiary/aromatic N) is 1. The lowest BCUT2D eigenvalue weighted by atomic mass is 9.85. The van der Waals surface area contributed by atoms with Crippen LogP contribution in [-0.2, 0) is 19.1 Å². The van der Waals surface area contributed by atoms with Gasteiger partial charge in [-0.15, -0.1) is 0 Å². The Labute approximate surface area is 191 Å². The van der Waals surface area contributed by atoms with Gasteiger partial charge >= 0.3 is 0 Å². The second-order valence-corrected chi connectivity index (χ2v) is 9.28. The number of pyridine rings is 1. The van der Waals surface area contributed by atoms with E-state index in [-0.39, 0.29) is 36.0 Å². The number of Topliss-reactive ketones (excluding diaryl/α,β-unsaturated/α-hetero) is 2. The van der Waals surface area contributed by atoms with Crippen molar-refractivity contribution < 1.29 is 27.9 Å². The number of ketones is 2. The topological polar surface area (TPSA) is 85.4 Å². The quantitative estimate of drug-likeness (QED) is 0.638. The Morgan fingerprint density at radius 1 is 1.18 bits per heavy atom. The van der Waals surface area contributed by atoms with E-state index in [0.717, 1.165) is 12.3 Å². The molecule has 0 saturated heterocycles. The van der Waals surface area contributed by atoms with E-state index in [1.807, 2.05) is 13.8 Å². The van der Waals surface area contributed by atoms with E-state index < -0.39 is 29.0 Å². The first kappa shape index (κ1) is 24.6. The zero-order valence-corrected chi connectivity index (χ0v) is 19.4. The summed E-state index contributed by atoms with van der Waals surface area (Å²) in [7, 11) is 1.54. The number of ether oxygens (including phenoxy) is 1. The summed E-state index contributed by atoms with van der Waals surface area (Å²) in [6, 6.07) is 4.04. The van der Waals surface area contributed by atoms with Crippen molar-refractivity contribution in [3.05, 3.63) is 52.7 Å². The minimum Gasteiger partial charge on any atom is -0.382 e. The Balaban J connectivity index is 1.84. The van der Waals surface area contributed by atoms with E-state index in [2.05, 4.69) is 10.3 Å². The van der Waals surface area contributed by atoms with E-state index >= 15 is 0 Å². The van der Waals surface area contributed by atoms with Crippen LogP contribution in [0.15, 0.2) is 24.4 Å². The zero-order valence-electron chi connectivity index (χ0n) is 19.4. The maximum absolute atomic E-state index is 14.2. The Hall–Kier alpha value is -3.00. The van der Waals surface area contributed by atoms with Crippen molar-refractivity contribution in [3.8, 4) is 11.3 Å². The summed E-state index contributed by atoms with van der Waals surface area (Å²) >= 11 is 0. The molecule has 1 amide bonds. The van der Waals surface area contributed by atoms with Gasteiger partial charge < -0.3 is 10.1 Å². The predicted octanol–water partition coefficient (Wildman–Crippen LogP) is 3.82. The van der Waals surface area contributed by atoms with Crippen molar-refractivity contribution in [1.82, 2.24) is 10.3 Å². The molecule has 1 fully saturated rings. The number of halogens is 2. The van der Waals surface area contributed by atoms with Gasteiger partial charge in [-0.3, -0.25) is 19.4 Å². The normalized spacial score (nSPS) is 18.6. The van der Waals surface area contributed by atoms with Crippen LogP contribution in [0.1, 0.15) is 49.3 Å². The summed E-state index contributed by atoms with van der Waals surface area (Å²) in [5, 5.41) is 2.84. The van der Waals surface area contributed by atoms with Gasteiger partial charge in [0.1, 0.15) is 23.2 Å². The number of aryl methyl sites for hydroxylation is 2. The monoisotopic (exact) mass is 458 g/mol. The van der Waals surface area contributed by atoms with Crippen LogP contribution in [0.2, 0.25) is 0 Å². The Morgan fingerprint density at radius 2 is 1.82 bits per heavy atom. The molecule has 8 heteroatoms. The van der Waals surface area contributed by atoms with Crippen LogP contribution in [0.25, 0.3) is 11.3 Å². The highest BCUT2D eigenvalue weighted by Gasteiger charge is 2.44. The van der Waals surface area contributed by atoms with Crippen LogP contribution in [0.3, 0.4) is 0 Å². The second kappa shape index (κ2) is 9.47. The molecule has 2 unspecified atom stereocenters. The first-order valence-corrected chi connectivity index (χ1v) is 10.7. The summed E-state index contributed by atoms with van der Waals surface area (Å²) in [6.45, 7) is 7.41. The fraction of sp³-hybridized carbons (Fsp3) is 0.440. The number of aromatic nitrogens is 1. The number of carbonyl (C=O) groups excluding carboxylic acids is 3. The van der Waals surface area contributed by atoms with Gasteiger partial charge in [0, 0.05) is 37.5 Å². The fourth-order valence-corrected chi connectivity index (χ4v) is 4.57. The highest BCUT2D eigenvalue weighted by molar-refractivity contribution is 6.15. The van der Waals surface area contributed by atoms with E-state index in [1.165, 1.54) is 7.11 Å². The average molecular weight is 459 g/mol. The minimum atomic E-state index is -0.963. The predicted molar refractivity (Wildman–Crippen MR) is 119 cm³/mol. The summed E-state index contributed by atoms with van der Waals surface area (Å²) < 4.78 is 32.5. The highest BCUT2D eigenvalue weighted by atomic mass is 19.1. The largest absolute Gasteiger partial charge is 0.382 e. The van der Waals surface area contributed by atoms with Crippen molar-refractivity contribution in [3.63, 3.8) is 0 Å². The third kappa shape index (κ3) is 5.33. The molecular formula is C25H28F2N2O4.